The lowest BCUT2D eigenvalue weighted by Crippen LogP contribution is -2.36. The topological polar surface area (TPSA) is 68.0 Å². The first-order chi connectivity index (χ1) is 9.65. The molecule has 112 valence electrons. The smallest absolute Gasteiger partial charge is 0.167 e. The average Bonchev–Trinajstić information content (AvgIpc) is 2.49. The van der Waals surface area contributed by atoms with Gasteiger partial charge in [0.2, 0.25) is 0 Å². The zero-order chi connectivity index (χ0) is 14.5. The number of likely N-dealkylation sites (tertiary alicyclic amines) is 1. The van der Waals surface area contributed by atoms with Crippen molar-refractivity contribution in [3.63, 3.8) is 0 Å². The van der Waals surface area contributed by atoms with Crippen molar-refractivity contribution in [2.24, 2.45) is 5.73 Å². The van der Waals surface area contributed by atoms with Crippen molar-refractivity contribution in [1.29, 1.82) is 0 Å². The Hall–Kier alpha value is -1.30. The number of nitrogens with zero attached hydrogens (tertiary/aromatic N) is 1. The zero-order valence-electron chi connectivity index (χ0n) is 12.2. The third-order valence-electron chi connectivity index (χ3n) is 3.76. The second-order valence-corrected chi connectivity index (χ2v) is 5.25. The summed E-state index contributed by atoms with van der Waals surface area (Å²) >= 11 is 0. The summed E-state index contributed by atoms with van der Waals surface area (Å²) in [5.41, 5.74) is 6.26. The van der Waals surface area contributed by atoms with Gasteiger partial charge in [0.25, 0.3) is 0 Å². The van der Waals surface area contributed by atoms with Crippen LogP contribution in [-0.2, 0) is 0 Å². The molecule has 0 radical (unpaired) electrons. The molecule has 1 heterocycles. The maximum atomic E-state index is 10.0. The summed E-state index contributed by atoms with van der Waals surface area (Å²) in [4.78, 5) is 2.29. The van der Waals surface area contributed by atoms with E-state index in [1.165, 1.54) is 0 Å². The van der Waals surface area contributed by atoms with Gasteiger partial charge in [-0.05, 0) is 26.0 Å². The summed E-state index contributed by atoms with van der Waals surface area (Å²) in [5.74, 6) is 1.27. The van der Waals surface area contributed by atoms with Gasteiger partial charge < -0.3 is 25.2 Å². The molecule has 5 heteroatoms. The van der Waals surface area contributed by atoms with Crippen molar-refractivity contribution >= 4 is 0 Å². The van der Waals surface area contributed by atoms with Gasteiger partial charge in [0.05, 0.1) is 13.2 Å². The summed E-state index contributed by atoms with van der Waals surface area (Å²) in [6.45, 7) is 2.21. The minimum atomic E-state index is -0.730. The molecule has 1 atom stereocenters. The van der Waals surface area contributed by atoms with Crippen LogP contribution in [0.3, 0.4) is 0 Å². The Kier molecular flexibility index (Phi) is 5.23. The van der Waals surface area contributed by atoms with Crippen LogP contribution in [0.4, 0.5) is 0 Å². The van der Waals surface area contributed by atoms with Crippen LogP contribution in [0.2, 0.25) is 0 Å². The molecule has 0 spiro atoms. The van der Waals surface area contributed by atoms with Crippen LogP contribution in [0, 0.1) is 0 Å². The molecule has 20 heavy (non-hydrogen) atoms. The molecule has 1 saturated heterocycles. The van der Waals surface area contributed by atoms with Crippen molar-refractivity contribution < 1.29 is 14.6 Å². The Labute approximate surface area is 120 Å². The molecule has 0 bridgehead atoms. The first kappa shape index (κ1) is 15.1. The predicted molar refractivity (Wildman–Crippen MR) is 78.2 cm³/mol. The Morgan fingerprint density at radius 2 is 2.10 bits per heavy atom. The summed E-state index contributed by atoms with van der Waals surface area (Å²) < 4.78 is 11.5. The monoisotopic (exact) mass is 280 g/mol. The van der Waals surface area contributed by atoms with E-state index in [0.717, 1.165) is 25.9 Å². The minimum Gasteiger partial charge on any atom is -0.493 e. The zero-order valence-corrected chi connectivity index (χ0v) is 12.2. The molecule has 0 amide bonds. The second kappa shape index (κ2) is 6.92. The van der Waals surface area contributed by atoms with E-state index < -0.39 is 6.10 Å². The second-order valence-electron chi connectivity index (χ2n) is 5.25. The molecule has 2 rings (SSSR count). The van der Waals surface area contributed by atoms with Crippen LogP contribution in [0.15, 0.2) is 18.2 Å². The highest BCUT2D eigenvalue weighted by molar-refractivity contribution is 5.48. The van der Waals surface area contributed by atoms with Crippen LogP contribution in [0.1, 0.15) is 24.5 Å². The molecule has 0 aromatic heterocycles. The summed E-state index contributed by atoms with van der Waals surface area (Å²) in [6, 6.07) is 5.52. The summed E-state index contributed by atoms with van der Waals surface area (Å²) in [5, 5.41) is 10.0. The van der Waals surface area contributed by atoms with Gasteiger partial charge in [0, 0.05) is 25.2 Å². The van der Waals surface area contributed by atoms with Crippen LogP contribution in [0.25, 0.3) is 0 Å². The summed E-state index contributed by atoms with van der Waals surface area (Å²) in [7, 11) is 3.72. The quantitative estimate of drug-likeness (QED) is 0.847. The number of para-hydroxylation sites is 1. The van der Waals surface area contributed by atoms with E-state index in [4.69, 9.17) is 15.2 Å². The molecule has 3 N–H and O–H groups in total. The van der Waals surface area contributed by atoms with E-state index in [1.807, 2.05) is 18.2 Å². The fourth-order valence-corrected chi connectivity index (χ4v) is 2.48. The maximum absolute atomic E-state index is 10.0. The molecule has 1 aliphatic heterocycles. The highest BCUT2D eigenvalue weighted by atomic mass is 16.5. The first-order valence-electron chi connectivity index (χ1n) is 7.06. The Bertz CT molecular complexity index is 431. The number of methoxy groups -OCH3 is 1. The maximum Gasteiger partial charge on any atom is 0.167 e. The molecular formula is C15H24N2O3. The number of nitrogens with two attached hydrogens (primary N) is 1. The standard InChI is InChI=1S/C15H24N2O3/c1-17-8-6-11(7-9-17)20-15-12(13(18)10-16)4-3-5-14(15)19-2/h3-5,11,13,18H,6-10,16H2,1-2H3. The number of hydrogen-bond acceptors (Lipinski definition) is 5. The van der Waals surface area contributed by atoms with Gasteiger partial charge in [0.15, 0.2) is 11.5 Å². The van der Waals surface area contributed by atoms with E-state index >= 15 is 0 Å². The largest absolute Gasteiger partial charge is 0.493 e. The van der Waals surface area contributed by atoms with Gasteiger partial charge in [0.1, 0.15) is 6.10 Å². The Balaban J connectivity index is 2.19. The molecule has 1 aromatic carbocycles. The molecule has 0 saturated carbocycles. The van der Waals surface area contributed by atoms with Crippen LogP contribution < -0.4 is 15.2 Å². The van der Waals surface area contributed by atoms with Gasteiger partial charge in [-0.2, -0.15) is 0 Å². The van der Waals surface area contributed by atoms with Gasteiger partial charge in [-0.3, -0.25) is 0 Å². The highest BCUT2D eigenvalue weighted by Crippen LogP contribution is 2.36. The molecule has 5 nitrogen and oxygen atoms in total. The Morgan fingerprint density at radius 1 is 1.40 bits per heavy atom. The van der Waals surface area contributed by atoms with Crippen LogP contribution in [0.5, 0.6) is 11.5 Å². The fraction of sp³-hybridized carbons (Fsp3) is 0.600. The molecule has 0 aliphatic carbocycles. The first-order valence-corrected chi connectivity index (χ1v) is 7.06. The summed E-state index contributed by atoms with van der Waals surface area (Å²) in [6.07, 6.45) is 1.39. The number of aliphatic hydroxyl groups excluding tert-OH is 1. The van der Waals surface area contributed by atoms with Crippen molar-refractivity contribution in [1.82, 2.24) is 4.90 Å². The Morgan fingerprint density at radius 3 is 2.70 bits per heavy atom. The molecule has 1 fully saturated rings. The molecule has 1 aliphatic rings. The third kappa shape index (κ3) is 3.42. The third-order valence-corrected chi connectivity index (χ3v) is 3.76. The number of aliphatic hydroxyl groups is 1. The van der Waals surface area contributed by atoms with E-state index in [1.54, 1.807) is 7.11 Å². The minimum absolute atomic E-state index is 0.159. The molecule has 1 unspecified atom stereocenters. The number of piperidine rings is 1. The van der Waals surface area contributed by atoms with Gasteiger partial charge in [-0.1, -0.05) is 12.1 Å². The van der Waals surface area contributed by atoms with E-state index in [-0.39, 0.29) is 12.6 Å². The number of hydrogen-bond donors (Lipinski definition) is 2. The number of benzene rings is 1. The molecule has 1 aromatic rings. The lowest BCUT2D eigenvalue weighted by molar-refractivity contribution is 0.104. The van der Waals surface area contributed by atoms with Crippen molar-refractivity contribution in [2.75, 3.05) is 33.8 Å². The lowest BCUT2D eigenvalue weighted by Gasteiger charge is -2.30. The van der Waals surface area contributed by atoms with Crippen LogP contribution in [-0.4, -0.2) is 49.9 Å². The van der Waals surface area contributed by atoms with Gasteiger partial charge in [-0.15, -0.1) is 0 Å². The van der Waals surface area contributed by atoms with Crippen LogP contribution >= 0.6 is 0 Å². The van der Waals surface area contributed by atoms with Gasteiger partial charge in [-0.25, -0.2) is 0 Å². The fourth-order valence-electron chi connectivity index (χ4n) is 2.48. The normalized spacial score (nSPS) is 18.8. The SMILES string of the molecule is COc1cccc(C(O)CN)c1OC1CCN(C)CC1. The van der Waals surface area contributed by atoms with Crippen molar-refractivity contribution in [2.45, 2.75) is 25.0 Å². The lowest BCUT2D eigenvalue weighted by atomic mass is 10.1. The van der Waals surface area contributed by atoms with E-state index in [9.17, 15) is 5.11 Å². The van der Waals surface area contributed by atoms with Crippen molar-refractivity contribution in [3.05, 3.63) is 23.8 Å². The van der Waals surface area contributed by atoms with E-state index in [2.05, 4.69) is 11.9 Å². The van der Waals surface area contributed by atoms with Crippen molar-refractivity contribution in [3.8, 4) is 11.5 Å². The van der Waals surface area contributed by atoms with E-state index in [0.29, 0.717) is 17.1 Å². The molecular weight excluding hydrogens is 256 g/mol. The number of rotatable bonds is 5. The number of ether oxygens (including phenoxy) is 2. The van der Waals surface area contributed by atoms with Gasteiger partial charge >= 0.3 is 0 Å². The average molecular weight is 280 g/mol. The predicted octanol–water partition coefficient (Wildman–Crippen LogP) is 1.16. The highest BCUT2D eigenvalue weighted by Gasteiger charge is 2.23.